The highest BCUT2D eigenvalue weighted by Gasteiger charge is 2.03. The molecule has 142 valence electrons. The van der Waals surface area contributed by atoms with Crippen molar-refractivity contribution in [2.75, 3.05) is 33.8 Å². The number of hydrogen-bond acceptors (Lipinski definition) is 4. The number of aryl methyl sites for hydroxylation is 1. The molecule has 0 atom stereocenters. The Balaban J connectivity index is 1.92. The third kappa shape index (κ3) is 7.06. The first-order chi connectivity index (χ1) is 12.6. The summed E-state index contributed by atoms with van der Waals surface area (Å²) >= 11 is 1.77. The second-order valence-electron chi connectivity index (χ2n) is 6.37. The fourth-order valence-corrected chi connectivity index (χ4v) is 3.19. The highest BCUT2D eigenvalue weighted by Crippen LogP contribution is 2.15. The minimum absolute atomic E-state index is 0.615. The maximum Gasteiger partial charge on any atom is 0.191 e. The number of likely N-dealkylation sites (N-methyl/N-ethyl adjacent to an activating group) is 1. The van der Waals surface area contributed by atoms with Crippen LogP contribution in [0.4, 0.5) is 0 Å². The zero-order valence-electron chi connectivity index (χ0n) is 16.2. The van der Waals surface area contributed by atoms with Crippen LogP contribution in [0.1, 0.15) is 22.9 Å². The van der Waals surface area contributed by atoms with Crippen LogP contribution < -0.4 is 15.4 Å². The number of thiophene rings is 1. The second kappa shape index (κ2) is 10.8. The standard InChI is InChI=1S/C20H30N4OS/c1-5-21-20(23-15-19-16(2)9-12-26-19)22-14-17-7-6-8-18(13-17)25-11-10-24(3)4/h6-9,12-13H,5,10-11,14-15H2,1-4H3,(H2,21,22,23). The average Bonchev–Trinajstić information content (AvgIpc) is 3.02. The Labute approximate surface area is 161 Å². The summed E-state index contributed by atoms with van der Waals surface area (Å²) in [7, 11) is 4.09. The molecule has 1 aromatic heterocycles. The maximum atomic E-state index is 5.80. The van der Waals surface area contributed by atoms with Crippen LogP contribution in [0.2, 0.25) is 0 Å². The molecular formula is C20H30N4OS. The topological polar surface area (TPSA) is 48.9 Å². The molecule has 0 fully saturated rings. The lowest BCUT2D eigenvalue weighted by atomic mass is 10.2. The van der Waals surface area contributed by atoms with E-state index < -0.39 is 0 Å². The first-order valence-corrected chi connectivity index (χ1v) is 9.88. The van der Waals surface area contributed by atoms with Crippen molar-refractivity contribution in [1.82, 2.24) is 15.5 Å². The van der Waals surface area contributed by atoms with E-state index >= 15 is 0 Å². The van der Waals surface area contributed by atoms with Gasteiger partial charge < -0.3 is 20.3 Å². The number of ether oxygens (including phenoxy) is 1. The van der Waals surface area contributed by atoms with E-state index in [2.05, 4.69) is 53.0 Å². The molecule has 0 aliphatic rings. The Kier molecular flexibility index (Phi) is 8.44. The number of rotatable bonds is 9. The Bertz CT molecular complexity index is 697. The minimum Gasteiger partial charge on any atom is -0.492 e. The van der Waals surface area contributed by atoms with E-state index in [0.29, 0.717) is 13.2 Å². The highest BCUT2D eigenvalue weighted by atomic mass is 32.1. The number of guanidine groups is 1. The molecule has 2 rings (SSSR count). The Morgan fingerprint density at radius 2 is 2.08 bits per heavy atom. The first-order valence-electron chi connectivity index (χ1n) is 9.00. The zero-order chi connectivity index (χ0) is 18.8. The summed E-state index contributed by atoms with van der Waals surface area (Å²) in [5, 5.41) is 8.83. The smallest absolute Gasteiger partial charge is 0.191 e. The molecule has 6 heteroatoms. The van der Waals surface area contributed by atoms with Crippen LogP contribution in [0.15, 0.2) is 40.7 Å². The van der Waals surface area contributed by atoms with Crippen molar-refractivity contribution in [3.63, 3.8) is 0 Å². The van der Waals surface area contributed by atoms with Crippen LogP contribution in [-0.2, 0) is 13.1 Å². The van der Waals surface area contributed by atoms with Gasteiger partial charge in [0.05, 0.1) is 13.1 Å². The van der Waals surface area contributed by atoms with Crippen LogP contribution in [0.5, 0.6) is 5.75 Å². The molecule has 1 aromatic carbocycles. The van der Waals surface area contributed by atoms with Crippen molar-refractivity contribution in [3.8, 4) is 5.75 Å². The molecule has 5 nitrogen and oxygen atoms in total. The van der Waals surface area contributed by atoms with Crippen molar-refractivity contribution in [3.05, 3.63) is 51.7 Å². The summed E-state index contributed by atoms with van der Waals surface area (Å²) < 4.78 is 5.80. The quantitative estimate of drug-likeness (QED) is 0.522. The van der Waals surface area contributed by atoms with Crippen molar-refractivity contribution in [2.45, 2.75) is 26.9 Å². The van der Waals surface area contributed by atoms with Gasteiger partial charge in [-0.1, -0.05) is 12.1 Å². The van der Waals surface area contributed by atoms with E-state index in [4.69, 9.17) is 9.73 Å². The molecule has 0 unspecified atom stereocenters. The first kappa shape index (κ1) is 20.3. The van der Waals surface area contributed by atoms with Crippen LogP contribution in [-0.4, -0.2) is 44.7 Å². The number of hydrogen-bond donors (Lipinski definition) is 2. The molecule has 2 aromatic rings. The van der Waals surface area contributed by atoms with E-state index in [1.54, 1.807) is 11.3 Å². The third-order valence-corrected chi connectivity index (χ3v) is 4.88. The number of nitrogens with zero attached hydrogens (tertiary/aromatic N) is 2. The molecule has 0 aliphatic heterocycles. The lowest BCUT2D eigenvalue weighted by Gasteiger charge is -2.12. The van der Waals surface area contributed by atoms with Crippen LogP contribution in [0, 0.1) is 6.92 Å². The molecule has 0 bridgehead atoms. The van der Waals surface area contributed by atoms with E-state index in [1.807, 2.05) is 26.2 Å². The number of aliphatic imine (C=N–C) groups is 1. The SMILES string of the molecule is CCNC(=NCc1cccc(OCCN(C)C)c1)NCc1sccc1C. The van der Waals surface area contributed by atoms with Gasteiger partial charge in [0.2, 0.25) is 0 Å². The Hall–Kier alpha value is -2.05. The largest absolute Gasteiger partial charge is 0.492 e. The van der Waals surface area contributed by atoms with Crippen molar-refractivity contribution >= 4 is 17.3 Å². The summed E-state index contributed by atoms with van der Waals surface area (Å²) in [6.45, 7) is 8.05. The Morgan fingerprint density at radius 1 is 1.23 bits per heavy atom. The summed E-state index contributed by atoms with van der Waals surface area (Å²) in [6.07, 6.45) is 0. The average molecular weight is 375 g/mol. The summed E-state index contributed by atoms with van der Waals surface area (Å²) in [5.41, 5.74) is 2.46. The predicted molar refractivity (Wildman–Crippen MR) is 111 cm³/mol. The summed E-state index contributed by atoms with van der Waals surface area (Å²) in [6, 6.07) is 10.3. The van der Waals surface area contributed by atoms with Gasteiger partial charge in [-0.2, -0.15) is 0 Å². The van der Waals surface area contributed by atoms with Gasteiger partial charge in [0.15, 0.2) is 5.96 Å². The van der Waals surface area contributed by atoms with Gasteiger partial charge in [-0.25, -0.2) is 4.99 Å². The minimum atomic E-state index is 0.615. The molecule has 0 aliphatic carbocycles. The highest BCUT2D eigenvalue weighted by molar-refractivity contribution is 7.10. The van der Waals surface area contributed by atoms with Gasteiger partial charge in [-0.05, 0) is 62.6 Å². The molecule has 0 amide bonds. The normalized spacial score (nSPS) is 11.7. The lowest BCUT2D eigenvalue weighted by Crippen LogP contribution is -2.36. The van der Waals surface area contributed by atoms with Crippen LogP contribution in [0.25, 0.3) is 0 Å². The third-order valence-electron chi connectivity index (χ3n) is 3.85. The van der Waals surface area contributed by atoms with Crippen LogP contribution in [0.3, 0.4) is 0 Å². The van der Waals surface area contributed by atoms with Crippen LogP contribution >= 0.6 is 11.3 Å². The lowest BCUT2D eigenvalue weighted by molar-refractivity contribution is 0.261. The number of nitrogens with one attached hydrogen (secondary N) is 2. The monoisotopic (exact) mass is 374 g/mol. The number of benzene rings is 1. The Morgan fingerprint density at radius 3 is 2.77 bits per heavy atom. The van der Waals surface area contributed by atoms with Crippen molar-refractivity contribution in [1.29, 1.82) is 0 Å². The van der Waals surface area contributed by atoms with E-state index in [1.165, 1.54) is 10.4 Å². The molecule has 1 heterocycles. The van der Waals surface area contributed by atoms with Gasteiger partial charge >= 0.3 is 0 Å². The predicted octanol–water partition coefficient (Wildman–Crippen LogP) is 3.25. The molecular weight excluding hydrogens is 344 g/mol. The fourth-order valence-electron chi connectivity index (χ4n) is 2.34. The van der Waals surface area contributed by atoms with E-state index in [9.17, 15) is 0 Å². The molecule has 0 spiro atoms. The zero-order valence-corrected chi connectivity index (χ0v) is 17.0. The van der Waals surface area contributed by atoms with Gasteiger partial charge in [0.25, 0.3) is 0 Å². The van der Waals surface area contributed by atoms with E-state index in [0.717, 1.165) is 36.9 Å². The maximum absolute atomic E-state index is 5.80. The second-order valence-corrected chi connectivity index (χ2v) is 7.38. The van der Waals surface area contributed by atoms with E-state index in [-0.39, 0.29) is 0 Å². The van der Waals surface area contributed by atoms with Gasteiger partial charge in [-0.15, -0.1) is 11.3 Å². The fraction of sp³-hybridized carbons (Fsp3) is 0.450. The van der Waals surface area contributed by atoms with Gasteiger partial charge in [0.1, 0.15) is 12.4 Å². The molecule has 0 saturated heterocycles. The summed E-state index contributed by atoms with van der Waals surface area (Å²) in [4.78, 5) is 8.15. The molecule has 2 N–H and O–H groups in total. The molecule has 26 heavy (non-hydrogen) atoms. The molecule has 0 saturated carbocycles. The summed E-state index contributed by atoms with van der Waals surface area (Å²) in [5.74, 6) is 1.73. The molecule has 0 radical (unpaired) electrons. The van der Waals surface area contributed by atoms with Crippen molar-refractivity contribution < 1.29 is 4.74 Å². The van der Waals surface area contributed by atoms with Crippen molar-refractivity contribution in [2.24, 2.45) is 4.99 Å². The van der Waals surface area contributed by atoms with Gasteiger partial charge in [0, 0.05) is 18.0 Å². The van der Waals surface area contributed by atoms with Gasteiger partial charge in [-0.3, -0.25) is 0 Å².